The first-order chi connectivity index (χ1) is 6.64. The second-order valence-electron chi connectivity index (χ2n) is 5.40. The lowest BCUT2D eigenvalue weighted by Crippen LogP contribution is -2.47. The molecule has 1 rings (SSSR count). The van der Waals surface area contributed by atoms with E-state index in [1.54, 1.807) is 18.7 Å². The first-order valence-electron chi connectivity index (χ1n) is 5.30. The van der Waals surface area contributed by atoms with Crippen molar-refractivity contribution in [3.8, 4) is 0 Å². The number of hydrogen-bond acceptors (Lipinski definition) is 2. The summed E-state index contributed by atoms with van der Waals surface area (Å²) in [5.41, 5.74) is -1.16. The normalized spacial score (nSPS) is 21.5. The van der Waals surface area contributed by atoms with Crippen LogP contribution in [0, 0.1) is 0 Å². The van der Waals surface area contributed by atoms with E-state index in [2.05, 4.69) is 0 Å². The average Bonchev–Trinajstić information content (AvgIpc) is 2.17. The lowest BCUT2D eigenvalue weighted by atomic mass is 10.0. The van der Waals surface area contributed by atoms with Crippen LogP contribution in [0.15, 0.2) is 0 Å². The molecule has 0 bridgehead atoms. The molecule has 0 atom stereocenters. The largest absolute Gasteiger partial charge is 0.328 e. The number of amides is 3. The van der Waals surface area contributed by atoms with Gasteiger partial charge in [0.1, 0.15) is 5.54 Å². The van der Waals surface area contributed by atoms with Crippen LogP contribution in [0.3, 0.4) is 0 Å². The molecule has 0 N–H and O–H groups in total. The maximum Gasteiger partial charge on any atom is 0.328 e. The van der Waals surface area contributed by atoms with Crippen molar-refractivity contribution in [1.29, 1.82) is 0 Å². The Kier molecular flexibility index (Phi) is 2.58. The van der Waals surface area contributed by atoms with E-state index in [1.165, 1.54) is 4.90 Å². The topological polar surface area (TPSA) is 40.6 Å². The molecular weight excluding hydrogens is 192 g/mol. The molecule has 1 aliphatic rings. The molecule has 0 saturated carbocycles. The fourth-order valence-corrected chi connectivity index (χ4v) is 1.96. The third-order valence-corrected chi connectivity index (χ3v) is 2.81. The molecule has 4 heteroatoms. The van der Waals surface area contributed by atoms with Gasteiger partial charge in [0.25, 0.3) is 5.91 Å². The minimum absolute atomic E-state index is 0.109. The summed E-state index contributed by atoms with van der Waals surface area (Å²) in [5.74, 6) is -0.109. The Labute approximate surface area is 91.2 Å². The number of imide groups is 1. The minimum Gasteiger partial charge on any atom is -0.310 e. The van der Waals surface area contributed by atoms with E-state index in [9.17, 15) is 9.59 Å². The lowest BCUT2D eigenvalue weighted by molar-refractivity contribution is -0.134. The van der Waals surface area contributed by atoms with E-state index in [0.717, 1.165) is 0 Å². The van der Waals surface area contributed by atoms with Crippen molar-refractivity contribution in [1.82, 2.24) is 9.80 Å². The second kappa shape index (κ2) is 3.22. The number of hydrogen-bond donors (Lipinski definition) is 0. The Morgan fingerprint density at radius 1 is 1.20 bits per heavy atom. The minimum atomic E-state index is -0.709. The molecule has 15 heavy (non-hydrogen) atoms. The molecule has 0 aromatic carbocycles. The van der Waals surface area contributed by atoms with Crippen LogP contribution in [0.2, 0.25) is 0 Å². The zero-order chi connectivity index (χ0) is 12.0. The molecule has 0 spiro atoms. The predicted molar refractivity (Wildman–Crippen MR) is 58.5 cm³/mol. The Hall–Kier alpha value is -1.06. The molecule has 1 heterocycles. The molecule has 0 aromatic rings. The van der Waals surface area contributed by atoms with Gasteiger partial charge in [0.15, 0.2) is 0 Å². The van der Waals surface area contributed by atoms with Crippen molar-refractivity contribution in [2.75, 3.05) is 6.54 Å². The van der Waals surface area contributed by atoms with Crippen molar-refractivity contribution in [3.63, 3.8) is 0 Å². The zero-order valence-electron chi connectivity index (χ0n) is 10.4. The summed E-state index contributed by atoms with van der Waals surface area (Å²) in [6.07, 6.45) is 0. The highest BCUT2D eigenvalue weighted by molar-refractivity contribution is 6.07. The molecule has 1 fully saturated rings. The van der Waals surface area contributed by atoms with Crippen LogP contribution in [0.5, 0.6) is 0 Å². The molecule has 3 amide bonds. The Balaban J connectivity index is 3.17. The van der Waals surface area contributed by atoms with Crippen molar-refractivity contribution in [2.45, 2.75) is 52.6 Å². The molecule has 86 valence electrons. The summed E-state index contributed by atoms with van der Waals surface area (Å²) < 4.78 is 0. The van der Waals surface area contributed by atoms with E-state index in [0.29, 0.717) is 6.54 Å². The van der Waals surface area contributed by atoms with Crippen molar-refractivity contribution in [2.24, 2.45) is 0 Å². The molecule has 0 aromatic heterocycles. The van der Waals surface area contributed by atoms with Crippen LogP contribution in [0.25, 0.3) is 0 Å². The van der Waals surface area contributed by atoms with Gasteiger partial charge in [-0.15, -0.1) is 0 Å². The van der Waals surface area contributed by atoms with Gasteiger partial charge in [-0.25, -0.2) is 4.79 Å². The summed E-state index contributed by atoms with van der Waals surface area (Å²) in [5, 5.41) is 0. The van der Waals surface area contributed by atoms with Crippen LogP contribution in [0.1, 0.15) is 41.5 Å². The summed E-state index contributed by atoms with van der Waals surface area (Å²) in [4.78, 5) is 27.1. The fraction of sp³-hybridized carbons (Fsp3) is 0.818. The number of carbonyl (C=O) groups excluding carboxylic acids is 2. The predicted octanol–water partition coefficient (Wildman–Crippen LogP) is 1.85. The van der Waals surface area contributed by atoms with E-state index < -0.39 is 11.1 Å². The van der Waals surface area contributed by atoms with Gasteiger partial charge >= 0.3 is 6.03 Å². The van der Waals surface area contributed by atoms with Gasteiger partial charge in [-0.2, -0.15) is 0 Å². The third-order valence-electron chi connectivity index (χ3n) is 2.81. The molecule has 4 nitrogen and oxygen atoms in total. The van der Waals surface area contributed by atoms with E-state index >= 15 is 0 Å². The molecule has 1 saturated heterocycles. The maximum atomic E-state index is 12.1. The van der Waals surface area contributed by atoms with Crippen molar-refractivity contribution in [3.05, 3.63) is 0 Å². The molecular formula is C11H20N2O2. The quantitative estimate of drug-likeness (QED) is 0.622. The highest BCUT2D eigenvalue weighted by atomic mass is 16.2. The Bertz CT molecular complexity index is 302. The van der Waals surface area contributed by atoms with Gasteiger partial charge in [-0.3, -0.25) is 9.69 Å². The van der Waals surface area contributed by atoms with Crippen LogP contribution in [-0.2, 0) is 4.79 Å². The summed E-state index contributed by atoms with van der Waals surface area (Å²) >= 11 is 0. The maximum absolute atomic E-state index is 12.1. The Morgan fingerprint density at radius 3 is 1.87 bits per heavy atom. The number of rotatable bonds is 1. The smallest absolute Gasteiger partial charge is 0.310 e. The zero-order valence-corrected chi connectivity index (χ0v) is 10.4. The lowest BCUT2D eigenvalue weighted by Gasteiger charge is -2.29. The summed E-state index contributed by atoms with van der Waals surface area (Å²) in [7, 11) is 0. The molecule has 0 unspecified atom stereocenters. The monoisotopic (exact) mass is 212 g/mol. The van der Waals surface area contributed by atoms with Crippen LogP contribution in [0.4, 0.5) is 4.79 Å². The van der Waals surface area contributed by atoms with Gasteiger partial charge in [0.05, 0.1) is 0 Å². The highest BCUT2D eigenvalue weighted by Crippen LogP contribution is 2.32. The van der Waals surface area contributed by atoms with E-state index in [4.69, 9.17) is 0 Å². The Morgan fingerprint density at radius 2 is 1.67 bits per heavy atom. The van der Waals surface area contributed by atoms with Crippen LogP contribution < -0.4 is 0 Å². The number of nitrogens with zero attached hydrogens (tertiary/aromatic N) is 2. The average molecular weight is 212 g/mol. The van der Waals surface area contributed by atoms with Gasteiger partial charge in [-0.05, 0) is 41.5 Å². The molecule has 0 aliphatic carbocycles. The summed E-state index contributed by atoms with van der Waals surface area (Å²) in [6.45, 7) is 11.7. The third kappa shape index (κ3) is 1.62. The van der Waals surface area contributed by atoms with Gasteiger partial charge < -0.3 is 4.90 Å². The standard InChI is InChI=1S/C11H20N2O2/c1-7-12-9(15)13(10(2,3)4)8(14)11(12,5)6/h7H2,1-6H3. The first kappa shape index (κ1) is 12.0. The van der Waals surface area contributed by atoms with E-state index in [1.807, 2.05) is 27.7 Å². The van der Waals surface area contributed by atoms with Gasteiger partial charge in [0, 0.05) is 12.1 Å². The fourth-order valence-electron chi connectivity index (χ4n) is 1.96. The molecule has 1 aliphatic heterocycles. The molecule has 0 radical (unpaired) electrons. The van der Waals surface area contributed by atoms with Gasteiger partial charge in [-0.1, -0.05) is 0 Å². The SMILES string of the molecule is CCN1C(=O)N(C(C)(C)C)C(=O)C1(C)C. The first-order valence-corrected chi connectivity index (χ1v) is 5.30. The van der Waals surface area contributed by atoms with Gasteiger partial charge in [0.2, 0.25) is 0 Å². The number of likely N-dealkylation sites (N-methyl/N-ethyl adjacent to an activating group) is 1. The van der Waals surface area contributed by atoms with Crippen molar-refractivity contribution >= 4 is 11.9 Å². The second-order valence-corrected chi connectivity index (χ2v) is 5.40. The highest BCUT2D eigenvalue weighted by Gasteiger charge is 2.53. The number of carbonyl (C=O) groups is 2. The van der Waals surface area contributed by atoms with Crippen LogP contribution in [-0.4, -0.2) is 39.4 Å². The van der Waals surface area contributed by atoms with Crippen molar-refractivity contribution < 1.29 is 9.59 Å². The van der Waals surface area contributed by atoms with Crippen LogP contribution >= 0.6 is 0 Å². The van der Waals surface area contributed by atoms with E-state index in [-0.39, 0.29) is 11.9 Å². The summed E-state index contributed by atoms with van der Waals surface area (Å²) in [6, 6.07) is -0.181. The number of urea groups is 1.